The van der Waals surface area contributed by atoms with Gasteiger partial charge in [0, 0.05) is 38.6 Å². The Kier molecular flexibility index (Phi) is 5.49. The van der Waals surface area contributed by atoms with Gasteiger partial charge < -0.3 is 9.32 Å². The van der Waals surface area contributed by atoms with Crippen LogP contribution in [0.15, 0.2) is 180 Å². The molecule has 1 aromatic heterocycles. The minimum atomic E-state index is -0.427. The standard InChI is InChI=1S/C49H35NO/c1-49(2)44-20-9-8-16-41(44)42-19-10-18-39(47(42)49)34-24-29-37(30-25-34)50(35-13-4-3-5-14-35)36-27-22-33(23-28-36)38-17-11-21-45-46(38)43-31-26-32-12-6-7-15-40(32)48(43)51-45/h3-31H,1-2H3/i3D,4D,5D,13D,14D. The van der Waals surface area contributed by atoms with Crippen molar-refractivity contribution in [3.63, 3.8) is 0 Å². The summed E-state index contributed by atoms with van der Waals surface area (Å²) in [6.07, 6.45) is 0. The van der Waals surface area contributed by atoms with Gasteiger partial charge in [0.1, 0.15) is 11.2 Å². The van der Waals surface area contributed by atoms with E-state index in [1.54, 1.807) is 4.90 Å². The molecule has 9 aromatic rings. The summed E-state index contributed by atoms with van der Waals surface area (Å²) in [5.74, 6) is 0. The Morgan fingerprint density at radius 2 is 1.14 bits per heavy atom. The molecule has 0 atom stereocenters. The highest BCUT2D eigenvalue weighted by atomic mass is 16.3. The number of furan rings is 1. The van der Waals surface area contributed by atoms with Crippen molar-refractivity contribution < 1.29 is 11.3 Å². The molecule has 0 saturated heterocycles. The first-order valence-electron chi connectivity index (χ1n) is 19.8. The number of hydrogen-bond donors (Lipinski definition) is 0. The van der Waals surface area contributed by atoms with E-state index in [0.29, 0.717) is 11.4 Å². The van der Waals surface area contributed by atoms with Gasteiger partial charge in [-0.15, -0.1) is 0 Å². The number of fused-ring (bicyclic) bond motifs is 8. The molecule has 1 heterocycles. The van der Waals surface area contributed by atoms with Gasteiger partial charge in [0.2, 0.25) is 0 Å². The van der Waals surface area contributed by atoms with Crippen LogP contribution in [-0.2, 0) is 5.41 Å². The summed E-state index contributed by atoms with van der Waals surface area (Å²) in [6.45, 7) is 4.55. The lowest BCUT2D eigenvalue weighted by atomic mass is 9.79. The molecule has 10 rings (SSSR count). The van der Waals surface area contributed by atoms with Crippen LogP contribution in [0.25, 0.3) is 66.1 Å². The van der Waals surface area contributed by atoms with Crippen molar-refractivity contribution in [1.29, 1.82) is 0 Å². The van der Waals surface area contributed by atoms with E-state index in [1.165, 1.54) is 22.3 Å². The van der Waals surface area contributed by atoms with Crippen molar-refractivity contribution in [3.8, 4) is 33.4 Å². The van der Waals surface area contributed by atoms with Crippen molar-refractivity contribution in [2.45, 2.75) is 19.3 Å². The number of benzene rings is 8. The highest BCUT2D eigenvalue weighted by Gasteiger charge is 2.37. The minimum Gasteiger partial charge on any atom is -0.455 e. The zero-order valence-corrected chi connectivity index (χ0v) is 28.2. The van der Waals surface area contributed by atoms with Crippen molar-refractivity contribution in [2.24, 2.45) is 0 Å². The fraction of sp³-hybridized carbons (Fsp3) is 0.0612. The topological polar surface area (TPSA) is 16.4 Å². The normalized spacial score (nSPS) is 14.4. The summed E-state index contributed by atoms with van der Waals surface area (Å²) in [6, 6.07) is 47.9. The summed E-state index contributed by atoms with van der Waals surface area (Å²) in [4.78, 5) is 1.77. The summed E-state index contributed by atoms with van der Waals surface area (Å²) in [5.41, 5.74) is 12.1. The van der Waals surface area contributed by atoms with Crippen LogP contribution in [0, 0.1) is 0 Å². The third-order valence-corrected chi connectivity index (χ3v) is 10.6. The predicted molar refractivity (Wildman–Crippen MR) is 214 cm³/mol. The predicted octanol–water partition coefficient (Wildman–Crippen LogP) is 13.8. The van der Waals surface area contributed by atoms with Crippen LogP contribution >= 0.6 is 0 Å². The number of nitrogens with zero attached hydrogens (tertiary/aromatic N) is 1. The molecule has 0 spiro atoms. The zero-order chi connectivity index (χ0) is 38.5. The summed E-state index contributed by atoms with van der Waals surface area (Å²) in [5, 5.41) is 4.24. The second-order valence-corrected chi connectivity index (χ2v) is 13.7. The van der Waals surface area contributed by atoms with E-state index in [1.807, 2.05) is 60.7 Å². The quantitative estimate of drug-likeness (QED) is 0.183. The van der Waals surface area contributed by atoms with Gasteiger partial charge in [0.05, 0.1) is 6.85 Å². The molecule has 1 aliphatic rings. The van der Waals surface area contributed by atoms with E-state index in [0.717, 1.165) is 55.0 Å². The van der Waals surface area contributed by atoms with E-state index >= 15 is 0 Å². The molecular formula is C49H35NO. The Balaban J connectivity index is 1.10. The summed E-state index contributed by atoms with van der Waals surface area (Å²) >= 11 is 0. The third kappa shape index (κ3) is 4.57. The van der Waals surface area contributed by atoms with Gasteiger partial charge >= 0.3 is 0 Å². The maximum absolute atomic E-state index is 8.99. The van der Waals surface area contributed by atoms with Gasteiger partial charge in [-0.05, 0) is 98.4 Å². The van der Waals surface area contributed by atoms with E-state index in [2.05, 4.69) is 98.8 Å². The maximum Gasteiger partial charge on any atom is 0.143 e. The molecule has 0 amide bonds. The van der Waals surface area contributed by atoms with Gasteiger partial charge in [-0.1, -0.05) is 141 Å². The van der Waals surface area contributed by atoms with Gasteiger partial charge in [-0.2, -0.15) is 0 Å². The molecule has 1 aliphatic carbocycles. The second kappa shape index (κ2) is 11.3. The summed E-state index contributed by atoms with van der Waals surface area (Å²) < 4.78 is 49.8. The van der Waals surface area contributed by atoms with E-state index in [-0.39, 0.29) is 35.3 Å². The van der Waals surface area contributed by atoms with Crippen LogP contribution in [0.4, 0.5) is 17.1 Å². The van der Waals surface area contributed by atoms with Crippen LogP contribution in [-0.4, -0.2) is 0 Å². The van der Waals surface area contributed by atoms with Crippen LogP contribution in [0.5, 0.6) is 0 Å². The average molecular weight is 659 g/mol. The van der Waals surface area contributed by atoms with Crippen LogP contribution in [0.3, 0.4) is 0 Å². The van der Waals surface area contributed by atoms with Crippen molar-refractivity contribution in [1.82, 2.24) is 0 Å². The lowest BCUT2D eigenvalue weighted by Crippen LogP contribution is -2.16. The first-order valence-corrected chi connectivity index (χ1v) is 17.3. The lowest BCUT2D eigenvalue weighted by molar-refractivity contribution is 0.662. The molecule has 8 aromatic carbocycles. The number of para-hydroxylation sites is 1. The first-order chi connectivity index (χ1) is 27.1. The fourth-order valence-electron chi connectivity index (χ4n) is 8.23. The van der Waals surface area contributed by atoms with E-state index < -0.39 is 6.04 Å². The smallest absolute Gasteiger partial charge is 0.143 e. The minimum absolute atomic E-state index is 0.0866. The van der Waals surface area contributed by atoms with Gasteiger partial charge in [-0.3, -0.25) is 0 Å². The molecule has 0 fully saturated rings. The molecule has 0 unspecified atom stereocenters. The van der Waals surface area contributed by atoms with Gasteiger partial charge in [-0.25, -0.2) is 0 Å². The highest BCUT2D eigenvalue weighted by molar-refractivity contribution is 6.19. The largest absolute Gasteiger partial charge is 0.455 e. The molecule has 51 heavy (non-hydrogen) atoms. The molecule has 0 saturated carbocycles. The lowest BCUT2D eigenvalue weighted by Gasteiger charge is -2.27. The van der Waals surface area contributed by atoms with Crippen LogP contribution in [0.2, 0.25) is 0 Å². The van der Waals surface area contributed by atoms with Crippen LogP contribution in [0.1, 0.15) is 31.8 Å². The van der Waals surface area contributed by atoms with E-state index in [9.17, 15) is 0 Å². The van der Waals surface area contributed by atoms with Crippen LogP contribution < -0.4 is 4.90 Å². The van der Waals surface area contributed by atoms with Gasteiger partial charge in [0.15, 0.2) is 0 Å². The van der Waals surface area contributed by atoms with E-state index in [4.69, 9.17) is 11.3 Å². The molecule has 2 nitrogen and oxygen atoms in total. The SMILES string of the molecule is [2H]c1c([2H])c([2H])c(N(c2ccc(-c3cccc4c3C(C)(C)c3ccccc3-4)cc2)c2ccc(-c3cccc4oc5c6ccccc6ccc5c34)cc2)c([2H])c1[2H]. The zero-order valence-electron chi connectivity index (χ0n) is 33.2. The Morgan fingerprint density at radius 1 is 0.510 bits per heavy atom. The molecule has 0 N–H and O–H groups in total. The molecular weight excluding hydrogens is 619 g/mol. The Hall–Kier alpha value is -6.38. The number of hydrogen-bond acceptors (Lipinski definition) is 2. The molecule has 0 bridgehead atoms. The number of anilines is 3. The number of rotatable bonds is 5. The maximum atomic E-state index is 8.99. The monoisotopic (exact) mass is 658 g/mol. The fourth-order valence-corrected chi connectivity index (χ4v) is 8.23. The third-order valence-electron chi connectivity index (χ3n) is 10.6. The first kappa shape index (κ1) is 24.7. The van der Waals surface area contributed by atoms with Crippen molar-refractivity contribution >= 4 is 49.8 Å². The Morgan fingerprint density at radius 3 is 1.92 bits per heavy atom. The Labute approximate surface area is 304 Å². The highest BCUT2D eigenvalue weighted by Crippen LogP contribution is 2.52. The molecule has 0 radical (unpaired) electrons. The van der Waals surface area contributed by atoms with Gasteiger partial charge in [0.25, 0.3) is 0 Å². The Bertz CT molecular complexity index is 3030. The second-order valence-electron chi connectivity index (χ2n) is 13.7. The van der Waals surface area contributed by atoms with Crippen molar-refractivity contribution in [3.05, 3.63) is 187 Å². The molecule has 242 valence electrons. The average Bonchev–Trinajstić information content (AvgIpc) is 3.74. The van der Waals surface area contributed by atoms with Crippen molar-refractivity contribution in [2.75, 3.05) is 4.90 Å². The molecule has 2 heteroatoms. The summed E-state index contributed by atoms with van der Waals surface area (Å²) in [7, 11) is 0. The molecule has 0 aliphatic heterocycles.